The highest BCUT2D eigenvalue weighted by atomic mass is 16.5. The molecule has 1 saturated heterocycles. The van der Waals surface area contributed by atoms with Crippen LogP contribution in [0.2, 0.25) is 0 Å². The average molecular weight is 346 g/mol. The van der Waals surface area contributed by atoms with E-state index in [9.17, 15) is 4.79 Å². The number of aromatic nitrogens is 1. The molecule has 0 bridgehead atoms. The Morgan fingerprint density at radius 2 is 2.16 bits per heavy atom. The van der Waals surface area contributed by atoms with Crippen molar-refractivity contribution in [1.82, 2.24) is 10.1 Å². The topological polar surface area (TPSA) is 74.0 Å². The average Bonchev–Trinajstić information content (AvgIpc) is 3.29. The van der Waals surface area contributed by atoms with Crippen LogP contribution >= 0.6 is 0 Å². The molecule has 1 atom stereocenters. The first-order chi connectivity index (χ1) is 12.2. The van der Waals surface area contributed by atoms with E-state index in [0.29, 0.717) is 42.0 Å². The molecule has 3 rings (SSSR count). The normalized spacial score (nSPS) is 16.9. The highest BCUT2D eigenvalue weighted by Gasteiger charge is 2.28. The summed E-state index contributed by atoms with van der Waals surface area (Å²) in [6, 6.07) is 8.91. The van der Waals surface area contributed by atoms with Crippen LogP contribution in [-0.4, -0.2) is 49.9 Å². The summed E-state index contributed by atoms with van der Waals surface area (Å²) < 4.78 is 21.2. The van der Waals surface area contributed by atoms with Crippen LogP contribution < -0.4 is 9.47 Å². The van der Waals surface area contributed by atoms with Crippen LogP contribution in [0.4, 0.5) is 0 Å². The van der Waals surface area contributed by atoms with E-state index < -0.39 is 0 Å². The number of hydrogen-bond acceptors (Lipinski definition) is 6. The molecular formula is C18H22N2O5. The quantitative estimate of drug-likeness (QED) is 0.766. The van der Waals surface area contributed by atoms with Gasteiger partial charge in [0.2, 0.25) is 0 Å². The largest absolute Gasteiger partial charge is 0.497 e. The van der Waals surface area contributed by atoms with Gasteiger partial charge in [-0.25, -0.2) is 0 Å². The molecule has 134 valence electrons. The number of nitrogens with zero attached hydrogens (tertiary/aromatic N) is 2. The summed E-state index contributed by atoms with van der Waals surface area (Å²) in [5, 5.41) is 3.88. The Hall–Kier alpha value is -2.54. The Bertz CT molecular complexity index is 715. The fourth-order valence-corrected chi connectivity index (χ4v) is 2.88. The Balaban J connectivity index is 1.56. The van der Waals surface area contributed by atoms with Gasteiger partial charge in [0.15, 0.2) is 11.5 Å². The fourth-order valence-electron chi connectivity index (χ4n) is 2.88. The summed E-state index contributed by atoms with van der Waals surface area (Å²) >= 11 is 0. The van der Waals surface area contributed by atoms with Crippen molar-refractivity contribution in [2.45, 2.75) is 13.0 Å². The first kappa shape index (κ1) is 17.3. The monoisotopic (exact) mass is 346 g/mol. The predicted octanol–water partition coefficient (Wildman–Crippen LogP) is 2.37. The van der Waals surface area contributed by atoms with E-state index in [-0.39, 0.29) is 12.5 Å². The molecule has 2 heterocycles. The number of carbonyl (C=O) groups excluding carboxylic acids is 1. The number of benzene rings is 1. The van der Waals surface area contributed by atoms with Crippen molar-refractivity contribution in [1.29, 1.82) is 0 Å². The van der Waals surface area contributed by atoms with Gasteiger partial charge in [0.05, 0.1) is 13.7 Å². The molecule has 0 unspecified atom stereocenters. The number of amides is 1. The third kappa shape index (κ3) is 4.30. The lowest BCUT2D eigenvalue weighted by Gasteiger charge is -2.14. The number of ether oxygens (including phenoxy) is 3. The SMILES string of the molecule is COC[C@@H]1CCN(C(=O)c2cc(COc3cccc(OC)c3)on2)C1. The van der Waals surface area contributed by atoms with Crippen molar-refractivity contribution in [2.24, 2.45) is 5.92 Å². The molecule has 0 spiro atoms. The Labute approximate surface area is 146 Å². The van der Waals surface area contributed by atoms with E-state index in [4.69, 9.17) is 18.7 Å². The van der Waals surface area contributed by atoms with Gasteiger partial charge >= 0.3 is 0 Å². The fraction of sp³-hybridized carbons (Fsp3) is 0.444. The van der Waals surface area contributed by atoms with E-state index in [0.717, 1.165) is 13.0 Å². The highest BCUT2D eigenvalue weighted by molar-refractivity contribution is 5.92. The number of carbonyl (C=O) groups is 1. The summed E-state index contributed by atoms with van der Waals surface area (Å²) in [4.78, 5) is 14.3. The van der Waals surface area contributed by atoms with E-state index in [1.165, 1.54) is 0 Å². The van der Waals surface area contributed by atoms with Crippen LogP contribution in [0.3, 0.4) is 0 Å². The second kappa shape index (κ2) is 8.02. The molecule has 1 aliphatic heterocycles. The molecular weight excluding hydrogens is 324 g/mol. The molecule has 0 aliphatic carbocycles. The standard InChI is InChI=1S/C18H22N2O5/c1-22-11-13-6-7-20(10-13)18(21)17-9-16(25-19-17)12-24-15-5-3-4-14(8-15)23-2/h3-5,8-9,13H,6-7,10-12H2,1-2H3/t13-/m1/s1. The molecule has 1 amide bonds. The van der Waals surface area contributed by atoms with Crippen molar-refractivity contribution >= 4 is 5.91 Å². The van der Waals surface area contributed by atoms with Crippen molar-refractivity contribution in [3.8, 4) is 11.5 Å². The molecule has 1 aromatic carbocycles. The maximum absolute atomic E-state index is 12.5. The van der Waals surface area contributed by atoms with Gasteiger partial charge in [-0.15, -0.1) is 0 Å². The smallest absolute Gasteiger partial charge is 0.276 e. The highest BCUT2D eigenvalue weighted by Crippen LogP contribution is 2.21. The van der Waals surface area contributed by atoms with Crippen molar-refractivity contribution in [3.05, 3.63) is 41.8 Å². The van der Waals surface area contributed by atoms with Crippen LogP contribution in [0.15, 0.2) is 34.9 Å². The minimum absolute atomic E-state index is 0.116. The van der Waals surface area contributed by atoms with E-state index in [2.05, 4.69) is 5.16 Å². The lowest BCUT2D eigenvalue weighted by atomic mass is 10.1. The first-order valence-corrected chi connectivity index (χ1v) is 8.20. The van der Waals surface area contributed by atoms with Gasteiger partial charge in [0.1, 0.15) is 18.1 Å². The molecule has 1 aliphatic rings. The van der Waals surface area contributed by atoms with Crippen molar-refractivity contribution in [2.75, 3.05) is 33.9 Å². The molecule has 0 saturated carbocycles. The number of likely N-dealkylation sites (tertiary alicyclic amines) is 1. The Kier molecular flexibility index (Phi) is 5.55. The predicted molar refractivity (Wildman–Crippen MR) is 89.7 cm³/mol. The molecule has 2 aromatic rings. The van der Waals surface area contributed by atoms with Gasteiger partial charge < -0.3 is 23.6 Å². The van der Waals surface area contributed by atoms with Gasteiger partial charge in [0.25, 0.3) is 5.91 Å². The van der Waals surface area contributed by atoms with Gasteiger partial charge in [-0.1, -0.05) is 11.2 Å². The van der Waals surface area contributed by atoms with Gasteiger partial charge in [0, 0.05) is 38.2 Å². The van der Waals surface area contributed by atoms with Crippen LogP contribution in [0.5, 0.6) is 11.5 Å². The van der Waals surface area contributed by atoms with Gasteiger partial charge in [-0.3, -0.25) is 4.79 Å². The van der Waals surface area contributed by atoms with Gasteiger partial charge in [-0.2, -0.15) is 0 Å². The van der Waals surface area contributed by atoms with Crippen molar-refractivity contribution < 1.29 is 23.5 Å². The summed E-state index contributed by atoms with van der Waals surface area (Å²) in [6.45, 7) is 2.27. The number of methoxy groups -OCH3 is 2. The molecule has 0 radical (unpaired) electrons. The van der Waals surface area contributed by atoms with Crippen LogP contribution in [0, 0.1) is 5.92 Å². The van der Waals surface area contributed by atoms with E-state index in [1.807, 2.05) is 18.2 Å². The van der Waals surface area contributed by atoms with Crippen molar-refractivity contribution in [3.63, 3.8) is 0 Å². The minimum atomic E-state index is -0.116. The molecule has 1 aromatic heterocycles. The summed E-state index contributed by atoms with van der Waals surface area (Å²) in [7, 11) is 3.28. The minimum Gasteiger partial charge on any atom is -0.497 e. The zero-order valence-corrected chi connectivity index (χ0v) is 14.4. The maximum atomic E-state index is 12.5. The maximum Gasteiger partial charge on any atom is 0.276 e. The summed E-state index contributed by atoms with van der Waals surface area (Å²) in [5.41, 5.74) is 0.308. The third-order valence-corrected chi connectivity index (χ3v) is 4.18. The van der Waals surface area contributed by atoms with Gasteiger partial charge in [-0.05, 0) is 18.6 Å². The second-order valence-corrected chi connectivity index (χ2v) is 6.01. The van der Waals surface area contributed by atoms with Crippen LogP contribution in [0.1, 0.15) is 22.7 Å². The molecule has 7 nitrogen and oxygen atoms in total. The second-order valence-electron chi connectivity index (χ2n) is 6.01. The number of hydrogen-bond donors (Lipinski definition) is 0. The molecule has 7 heteroatoms. The van der Waals surface area contributed by atoms with E-state index in [1.54, 1.807) is 31.3 Å². The van der Waals surface area contributed by atoms with E-state index >= 15 is 0 Å². The third-order valence-electron chi connectivity index (χ3n) is 4.18. The first-order valence-electron chi connectivity index (χ1n) is 8.20. The summed E-state index contributed by atoms with van der Waals surface area (Å²) in [5.74, 6) is 2.14. The van der Waals surface area contributed by atoms with Crippen LogP contribution in [0.25, 0.3) is 0 Å². The zero-order valence-electron chi connectivity index (χ0n) is 14.4. The molecule has 25 heavy (non-hydrogen) atoms. The lowest BCUT2D eigenvalue weighted by Crippen LogP contribution is -2.29. The Morgan fingerprint density at radius 1 is 1.32 bits per heavy atom. The Morgan fingerprint density at radius 3 is 2.96 bits per heavy atom. The lowest BCUT2D eigenvalue weighted by molar-refractivity contribution is 0.0765. The van der Waals surface area contributed by atoms with Crippen LogP contribution in [-0.2, 0) is 11.3 Å². The zero-order chi connectivity index (χ0) is 17.6. The molecule has 0 N–H and O–H groups in total. The number of rotatable bonds is 7. The molecule has 1 fully saturated rings. The summed E-state index contributed by atoms with van der Waals surface area (Å²) in [6.07, 6.45) is 0.948.